The summed E-state index contributed by atoms with van der Waals surface area (Å²) in [6, 6.07) is 14.1. The fourth-order valence-corrected chi connectivity index (χ4v) is 7.88. The van der Waals surface area contributed by atoms with Crippen LogP contribution < -0.4 is 0 Å². The van der Waals surface area contributed by atoms with Crippen LogP contribution >= 0.6 is 0 Å². The Morgan fingerprint density at radius 1 is 0.951 bits per heavy atom. The van der Waals surface area contributed by atoms with E-state index in [2.05, 4.69) is 14.2 Å². The summed E-state index contributed by atoms with van der Waals surface area (Å²) in [5, 5.41) is 4.92. The maximum atomic E-state index is 13.1. The predicted molar refractivity (Wildman–Crippen MR) is 154 cm³/mol. The van der Waals surface area contributed by atoms with Crippen LogP contribution in [0.2, 0.25) is 0 Å². The Labute approximate surface area is 240 Å². The van der Waals surface area contributed by atoms with Gasteiger partial charge < -0.3 is 4.90 Å². The normalized spacial score (nSPS) is 19.2. The molecule has 13 heteroatoms. The van der Waals surface area contributed by atoms with Crippen molar-refractivity contribution in [2.75, 3.05) is 45.5 Å². The number of fused-ring (bicyclic) bond motifs is 2. The minimum Gasteiger partial charge on any atom is -0.353 e. The molecule has 0 unspecified atom stereocenters. The minimum absolute atomic E-state index is 0.275. The molecule has 0 aliphatic carbocycles. The number of benzene rings is 2. The summed E-state index contributed by atoms with van der Waals surface area (Å²) in [6.07, 6.45) is 2.68. The van der Waals surface area contributed by atoms with Gasteiger partial charge >= 0.3 is 0 Å². The van der Waals surface area contributed by atoms with Crippen molar-refractivity contribution in [2.24, 2.45) is 4.40 Å². The van der Waals surface area contributed by atoms with Gasteiger partial charge in [0, 0.05) is 81.2 Å². The van der Waals surface area contributed by atoms with Crippen LogP contribution in [0, 0.1) is 0 Å². The number of aromatic nitrogens is 2. The Hall–Kier alpha value is -3.13. The number of piperazine rings is 1. The Balaban J connectivity index is 1.12. The SMILES string of the molecule is CS(=O)(=O)N1CCc2c(c(-c3ccc(CF)cc3)nn2CCCN2CCN(C3=NS(=O)(=O)c4ccccc43)CC2)C1. The Morgan fingerprint density at radius 3 is 2.39 bits per heavy atom. The highest BCUT2D eigenvalue weighted by molar-refractivity contribution is 7.90. The lowest BCUT2D eigenvalue weighted by molar-refractivity contribution is 0.178. The Morgan fingerprint density at radius 2 is 1.68 bits per heavy atom. The maximum Gasteiger partial charge on any atom is 0.285 e. The largest absolute Gasteiger partial charge is 0.353 e. The van der Waals surface area contributed by atoms with E-state index in [1.807, 2.05) is 28.9 Å². The van der Waals surface area contributed by atoms with Crippen molar-refractivity contribution in [2.45, 2.75) is 37.5 Å². The standard InChI is InChI=1S/C28H33FN6O4S2/c1-40(36,37)34-14-11-25-24(20-34)27(22-9-7-21(19-29)8-10-22)30-35(25)13-4-12-32-15-17-33(18-16-32)28-23-5-2-3-6-26(23)41(38,39)31-28/h2-3,5-10H,4,11-20H2,1H3. The van der Waals surface area contributed by atoms with Crippen LogP contribution in [0.25, 0.3) is 11.3 Å². The van der Waals surface area contributed by atoms with Crippen molar-refractivity contribution in [1.82, 2.24) is 23.9 Å². The first-order valence-corrected chi connectivity index (χ1v) is 17.0. The molecular formula is C28H33FN6O4S2. The van der Waals surface area contributed by atoms with Gasteiger partial charge in [0.15, 0.2) is 5.84 Å². The lowest BCUT2D eigenvalue weighted by atomic mass is 10.0. The number of hydrogen-bond donors (Lipinski definition) is 0. The monoisotopic (exact) mass is 600 g/mol. The molecule has 1 saturated heterocycles. The van der Waals surface area contributed by atoms with Gasteiger partial charge in [-0.25, -0.2) is 12.8 Å². The van der Waals surface area contributed by atoms with E-state index in [1.165, 1.54) is 10.6 Å². The molecule has 0 atom stereocenters. The lowest BCUT2D eigenvalue weighted by Crippen LogP contribution is -2.49. The molecule has 1 fully saturated rings. The fourth-order valence-electron chi connectivity index (χ4n) is 5.86. The first kappa shape index (κ1) is 28.0. The molecule has 0 spiro atoms. The topological polar surface area (TPSA) is 108 Å². The molecule has 4 heterocycles. The maximum absolute atomic E-state index is 13.1. The van der Waals surface area contributed by atoms with Crippen LogP contribution in [-0.2, 0) is 46.2 Å². The summed E-state index contributed by atoms with van der Waals surface area (Å²) in [7, 11) is -6.97. The highest BCUT2D eigenvalue weighted by Gasteiger charge is 2.33. The molecule has 1 aromatic heterocycles. The summed E-state index contributed by atoms with van der Waals surface area (Å²) in [4.78, 5) is 4.69. The molecule has 0 radical (unpaired) electrons. The lowest BCUT2D eigenvalue weighted by Gasteiger charge is -2.35. The van der Waals surface area contributed by atoms with Gasteiger partial charge in [-0.1, -0.05) is 36.4 Å². The molecule has 3 aliphatic heterocycles. The van der Waals surface area contributed by atoms with Crippen molar-refractivity contribution in [1.29, 1.82) is 0 Å². The number of nitrogens with zero attached hydrogens (tertiary/aromatic N) is 6. The van der Waals surface area contributed by atoms with Crippen LogP contribution in [0.5, 0.6) is 0 Å². The van der Waals surface area contributed by atoms with Gasteiger partial charge in [0.05, 0.1) is 11.9 Å². The molecule has 6 rings (SSSR count). The number of rotatable bonds is 7. The Bertz CT molecular complexity index is 1700. The average molecular weight is 601 g/mol. The number of sulfonamides is 2. The zero-order chi connectivity index (χ0) is 28.8. The van der Waals surface area contributed by atoms with Crippen LogP contribution in [0.1, 0.15) is 28.8 Å². The third-order valence-electron chi connectivity index (χ3n) is 8.08. The number of aryl methyl sites for hydroxylation is 1. The van der Waals surface area contributed by atoms with Gasteiger partial charge in [0.25, 0.3) is 10.0 Å². The molecule has 2 aromatic carbocycles. The number of alkyl halides is 1. The minimum atomic E-state index is -3.63. The van der Waals surface area contributed by atoms with E-state index in [4.69, 9.17) is 5.10 Å². The predicted octanol–water partition coefficient (Wildman–Crippen LogP) is 2.49. The van der Waals surface area contributed by atoms with E-state index >= 15 is 0 Å². The second-order valence-electron chi connectivity index (χ2n) is 10.7. The quantitative estimate of drug-likeness (QED) is 0.410. The molecule has 218 valence electrons. The van der Waals surface area contributed by atoms with Crippen LogP contribution in [-0.4, -0.2) is 92.1 Å². The summed E-state index contributed by atoms with van der Waals surface area (Å²) in [5.41, 5.74) is 4.83. The highest BCUT2D eigenvalue weighted by atomic mass is 32.2. The summed E-state index contributed by atoms with van der Waals surface area (Å²) in [5.74, 6) is 0.540. The van der Waals surface area contributed by atoms with Crippen molar-refractivity contribution >= 4 is 25.9 Å². The zero-order valence-electron chi connectivity index (χ0n) is 22.9. The molecule has 3 aliphatic rings. The second kappa shape index (κ2) is 10.9. The van der Waals surface area contributed by atoms with E-state index < -0.39 is 26.7 Å². The smallest absolute Gasteiger partial charge is 0.285 e. The van der Waals surface area contributed by atoms with Gasteiger partial charge in [0.1, 0.15) is 11.6 Å². The van der Waals surface area contributed by atoms with Crippen molar-refractivity contribution < 1.29 is 21.2 Å². The molecule has 0 bridgehead atoms. The van der Waals surface area contributed by atoms with Crippen LogP contribution in [0.15, 0.2) is 57.8 Å². The van der Waals surface area contributed by atoms with Gasteiger partial charge in [-0.2, -0.15) is 17.8 Å². The summed E-state index contributed by atoms with van der Waals surface area (Å²) in [6.45, 7) is 4.70. The average Bonchev–Trinajstić information content (AvgIpc) is 3.47. The third-order valence-corrected chi connectivity index (χ3v) is 10.7. The highest BCUT2D eigenvalue weighted by Crippen LogP contribution is 2.32. The van der Waals surface area contributed by atoms with Crippen LogP contribution in [0.3, 0.4) is 0 Å². The summed E-state index contributed by atoms with van der Waals surface area (Å²) < 4.78 is 70.1. The van der Waals surface area contributed by atoms with Gasteiger partial charge in [0.2, 0.25) is 10.0 Å². The molecule has 3 aromatic rings. The van der Waals surface area contributed by atoms with Crippen molar-refractivity contribution in [3.63, 3.8) is 0 Å². The molecular weight excluding hydrogens is 567 g/mol. The van der Waals surface area contributed by atoms with Crippen LogP contribution in [0.4, 0.5) is 4.39 Å². The molecule has 10 nitrogen and oxygen atoms in total. The van der Waals surface area contributed by atoms with Crippen molar-refractivity contribution in [3.05, 3.63) is 70.9 Å². The first-order valence-electron chi connectivity index (χ1n) is 13.7. The number of hydrogen-bond acceptors (Lipinski definition) is 7. The third kappa shape index (κ3) is 5.55. The van der Waals surface area contributed by atoms with Gasteiger partial charge in [-0.05, 0) is 24.1 Å². The molecule has 0 amide bonds. The van der Waals surface area contributed by atoms with E-state index in [0.717, 1.165) is 48.6 Å². The van der Waals surface area contributed by atoms with E-state index in [-0.39, 0.29) is 11.4 Å². The fraction of sp³-hybridized carbons (Fsp3) is 0.429. The molecule has 41 heavy (non-hydrogen) atoms. The Kier molecular flexibility index (Phi) is 7.47. The second-order valence-corrected chi connectivity index (χ2v) is 14.3. The molecule has 0 saturated carbocycles. The van der Waals surface area contributed by atoms with Gasteiger partial charge in [-0.3, -0.25) is 9.58 Å². The van der Waals surface area contributed by atoms with Crippen molar-refractivity contribution in [3.8, 4) is 11.3 Å². The number of halogens is 1. The van der Waals surface area contributed by atoms with E-state index in [0.29, 0.717) is 49.6 Å². The van der Waals surface area contributed by atoms with Gasteiger partial charge in [-0.15, -0.1) is 4.40 Å². The van der Waals surface area contributed by atoms with E-state index in [1.54, 1.807) is 24.3 Å². The summed E-state index contributed by atoms with van der Waals surface area (Å²) >= 11 is 0. The number of amidine groups is 1. The zero-order valence-corrected chi connectivity index (χ0v) is 24.5. The first-order chi connectivity index (χ1) is 19.6. The van der Waals surface area contributed by atoms with E-state index in [9.17, 15) is 21.2 Å². The molecule has 0 N–H and O–H groups in total.